The van der Waals surface area contributed by atoms with E-state index in [1.165, 1.54) is 0 Å². The second-order valence-corrected chi connectivity index (χ2v) is 5.79. The molecule has 110 valence electrons. The van der Waals surface area contributed by atoms with Gasteiger partial charge in [0.2, 0.25) is 0 Å². The highest BCUT2D eigenvalue weighted by molar-refractivity contribution is 7.10. The van der Waals surface area contributed by atoms with Crippen LogP contribution in [0.15, 0.2) is 17.5 Å². The van der Waals surface area contributed by atoms with Gasteiger partial charge in [0, 0.05) is 10.9 Å². The van der Waals surface area contributed by atoms with Crippen LogP contribution in [0.3, 0.4) is 0 Å². The lowest BCUT2D eigenvalue weighted by Crippen LogP contribution is -2.36. The maximum Gasteiger partial charge on any atom is 0.103 e. The van der Waals surface area contributed by atoms with Crippen LogP contribution in [-0.4, -0.2) is 42.2 Å². The maximum absolute atomic E-state index is 10.3. The molecule has 1 heterocycles. The smallest absolute Gasteiger partial charge is 0.103 e. The Kier molecular flexibility index (Phi) is 8.30. The third-order valence-electron chi connectivity index (χ3n) is 3.61. The molecule has 1 rings (SSSR count). The fourth-order valence-electron chi connectivity index (χ4n) is 2.27. The summed E-state index contributed by atoms with van der Waals surface area (Å²) in [7, 11) is 0. The van der Waals surface area contributed by atoms with Gasteiger partial charge in [-0.2, -0.15) is 0 Å². The van der Waals surface area contributed by atoms with Gasteiger partial charge < -0.3 is 15.3 Å². The number of nitrogens with zero attached hydrogens (tertiary/aromatic N) is 1. The Bertz CT molecular complexity index is 312. The minimum atomic E-state index is -0.376. The lowest BCUT2D eigenvalue weighted by atomic mass is 10.1. The molecular weight excluding hydrogens is 256 g/mol. The van der Waals surface area contributed by atoms with Crippen molar-refractivity contribution in [1.82, 2.24) is 10.2 Å². The van der Waals surface area contributed by atoms with E-state index in [1.54, 1.807) is 11.3 Å². The Morgan fingerprint density at radius 1 is 1.32 bits per heavy atom. The predicted molar refractivity (Wildman–Crippen MR) is 83.8 cm³/mol. The lowest BCUT2D eigenvalue weighted by Gasteiger charge is -2.23. The quantitative estimate of drug-likeness (QED) is 0.649. The first-order chi connectivity index (χ1) is 9.22. The molecule has 3 nitrogen and oxygen atoms in total. The van der Waals surface area contributed by atoms with Crippen molar-refractivity contribution in [3.8, 4) is 0 Å². The molecule has 0 aromatic carbocycles. The Morgan fingerprint density at radius 3 is 2.58 bits per heavy atom. The van der Waals surface area contributed by atoms with E-state index in [2.05, 4.69) is 31.0 Å². The summed E-state index contributed by atoms with van der Waals surface area (Å²) in [5, 5.41) is 15.8. The summed E-state index contributed by atoms with van der Waals surface area (Å²) < 4.78 is 0. The third-order valence-corrected chi connectivity index (χ3v) is 4.55. The summed E-state index contributed by atoms with van der Waals surface area (Å²) in [6.45, 7) is 10.9. The van der Waals surface area contributed by atoms with Crippen LogP contribution < -0.4 is 5.32 Å². The van der Waals surface area contributed by atoms with Crippen molar-refractivity contribution in [3.05, 3.63) is 22.4 Å². The monoisotopic (exact) mass is 284 g/mol. The van der Waals surface area contributed by atoms with Crippen molar-refractivity contribution in [2.75, 3.05) is 26.2 Å². The maximum atomic E-state index is 10.3. The third kappa shape index (κ3) is 5.61. The molecule has 19 heavy (non-hydrogen) atoms. The Hall–Kier alpha value is -0.420. The van der Waals surface area contributed by atoms with E-state index in [-0.39, 0.29) is 12.1 Å². The summed E-state index contributed by atoms with van der Waals surface area (Å²) in [5.74, 6) is 0. The van der Waals surface area contributed by atoms with Crippen molar-refractivity contribution in [2.45, 2.75) is 45.8 Å². The molecule has 2 unspecified atom stereocenters. The zero-order valence-corrected chi connectivity index (χ0v) is 13.2. The molecular formula is C15H28N2OS. The van der Waals surface area contributed by atoms with E-state index in [0.29, 0.717) is 0 Å². The van der Waals surface area contributed by atoms with Gasteiger partial charge in [0.25, 0.3) is 0 Å². The number of aliphatic hydroxyl groups excluding tert-OH is 1. The summed E-state index contributed by atoms with van der Waals surface area (Å²) in [5.41, 5.74) is 0. The van der Waals surface area contributed by atoms with E-state index < -0.39 is 0 Å². The van der Waals surface area contributed by atoms with Crippen LogP contribution in [0, 0.1) is 0 Å². The van der Waals surface area contributed by atoms with Crippen LogP contribution in [0.25, 0.3) is 0 Å². The zero-order chi connectivity index (χ0) is 14.1. The van der Waals surface area contributed by atoms with Crippen LogP contribution in [0.4, 0.5) is 0 Å². The van der Waals surface area contributed by atoms with E-state index >= 15 is 0 Å². The summed E-state index contributed by atoms with van der Waals surface area (Å²) in [6, 6.07) is 4.17. The number of rotatable bonds is 10. The molecule has 0 saturated heterocycles. The van der Waals surface area contributed by atoms with Gasteiger partial charge in [-0.15, -0.1) is 11.3 Å². The normalized spacial score (nSPS) is 14.8. The Morgan fingerprint density at radius 2 is 2.05 bits per heavy atom. The van der Waals surface area contributed by atoms with Crippen LogP contribution >= 0.6 is 11.3 Å². The molecule has 4 heteroatoms. The van der Waals surface area contributed by atoms with E-state index in [4.69, 9.17) is 0 Å². The second-order valence-electron chi connectivity index (χ2n) is 4.81. The molecule has 0 amide bonds. The Labute approximate surface area is 121 Å². The van der Waals surface area contributed by atoms with Gasteiger partial charge >= 0.3 is 0 Å². The highest BCUT2D eigenvalue weighted by Crippen LogP contribution is 2.23. The standard InChI is InChI=1S/C15H28N2OS/c1-4-13(15(18)14-9-7-12-19-14)16-10-8-11-17(5-2)6-3/h7,9,12-13,15-16,18H,4-6,8,10-11H2,1-3H3. The molecule has 0 aliphatic carbocycles. The number of hydrogen-bond donors (Lipinski definition) is 2. The summed E-state index contributed by atoms with van der Waals surface area (Å²) >= 11 is 1.63. The molecule has 0 spiro atoms. The lowest BCUT2D eigenvalue weighted by molar-refractivity contribution is 0.128. The highest BCUT2D eigenvalue weighted by atomic mass is 32.1. The molecule has 2 N–H and O–H groups in total. The van der Waals surface area contributed by atoms with Gasteiger partial charge in [-0.25, -0.2) is 0 Å². The number of nitrogens with one attached hydrogen (secondary N) is 1. The van der Waals surface area contributed by atoms with Crippen molar-refractivity contribution < 1.29 is 5.11 Å². The van der Waals surface area contributed by atoms with Gasteiger partial charge in [0.1, 0.15) is 6.10 Å². The average molecular weight is 284 g/mol. The number of aliphatic hydroxyl groups is 1. The predicted octanol–water partition coefficient (Wildman–Crippen LogP) is 2.88. The highest BCUT2D eigenvalue weighted by Gasteiger charge is 2.19. The van der Waals surface area contributed by atoms with E-state index in [9.17, 15) is 5.11 Å². The summed E-state index contributed by atoms with van der Waals surface area (Å²) in [6.07, 6.45) is 1.71. The molecule has 0 aliphatic heterocycles. The first-order valence-electron chi connectivity index (χ1n) is 7.40. The van der Waals surface area contributed by atoms with Crippen molar-refractivity contribution >= 4 is 11.3 Å². The summed E-state index contributed by atoms with van der Waals surface area (Å²) in [4.78, 5) is 3.49. The number of thiophene rings is 1. The molecule has 0 fully saturated rings. The van der Waals surface area contributed by atoms with Gasteiger partial charge in [0.15, 0.2) is 0 Å². The van der Waals surface area contributed by atoms with Crippen LogP contribution in [0.1, 0.15) is 44.6 Å². The van der Waals surface area contributed by atoms with Crippen LogP contribution in [-0.2, 0) is 0 Å². The van der Waals surface area contributed by atoms with Crippen molar-refractivity contribution in [3.63, 3.8) is 0 Å². The fourth-order valence-corrected chi connectivity index (χ4v) is 3.04. The first kappa shape index (κ1) is 16.6. The average Bonchev–Trinajstić information content (AvgIpc) is 2.96. The van der Waals surface area contributed by atoms with Gasteiger partial charge in [-0.3, -0.25) is 0 Å². The minimum absolute atomic E-state index is 0.162. The Balaban J connectivity index is 2.29. The molecule has 0 aliphatic rings. The number of hydrogen-bond acceptors (Lipinski definition) is 4. The molecule has 0 radical (unpaired) electrons. The molecule has 1 aromatic rings. The van der Waals surface area contributed by atoms with Crippen LogP contribution in [0.2, 0.25) is 0 Å². The van der Waals surface area contributed by atoms with Gasteiger partial charge in [0.05, 0.1) is 0 Å². The second kappa shape index (κ2) is 9.48. The fraction of sp³-hybridized carbons (Fsp3) is 0.733. The molecule has 0 saturated carbocycles. The van der Waals surface area contributed by atoms with Crippen molar-refractivity contribution in [1.29, 1.82) is 0 Å². The molecule has 0 bridgehead atoms. The van der Waals surface area contributed by atoms with Crippen molar-refractivity contribution in [2.24, 2.45) is 0 Å². The van der Waals surface area contributed by atoms with E-state index in [0.717, 1.165) is 43.9 Å². The first-order valence-corrected chi connectivity index (χ1v) is 8.28. The van der Waals surface area contributed by atoms with E-state index in [1.807, 2.05) is 17.5 Å². The zero-order valence-electron chi connectivity index (χ0n) is 12.4. The SMILES string of the molecule is CCC(NCCCN(CC)CC)C(O)c1cccs1. The molecule has 1 aromatic heterocycles. The van der Waals surface area contributed by atoms with Gasteiger partial charge in [-0.1, -0.05) is 26.8 Å². The van der Waals surface area contributed by atoms with Gasteiger partial charge in [-0.05, 0) is 50.5 Å². The molecule has 2 atom stereocenters. The van der Waals surface area contributed by atoms with Crippen LogP contribution in [0.5, 0.6) is 0 Å². The topological polar surface area (TPSA) is 35.5 Å². The minimum Gasteiger partial charge on any atom is -0.386 e. The largest absolute Gasteiger partial charge is 0.386 e.